The number of benzene rings is 1. The molecule has 0 saturated heterocycles. The highest BCUT2D eigenvalue weighted by Gasteiger charge is 2.12. The lowest BCUT2D eigenvalue weighted by Gasteiger charge is -2.12. The van der Waals surface area contributed by atoms with Crippen LogP contribution in [-0.4, -0.2) is 18.2 Å². The van der Waals surface area contributed by atoms with E-state index in [4.69, 9.17) is 4.74 Å². The fraction of sp³-hybridized carbons (Fsp3) is 0.529. The SMILES string of the molecule is CCCCCCCOc1ccc(C2=NNC(=O)CC2)cc1. The minimum atomic E-state index is -0.0122. The van der Waals surface area contributed by atoms with E-state index in [9.17, 15) is 4.79 Å². The van der Waals surface area contributed by atoms with Crippen molar-refractivity contribution in [1.29, 1.82) is 0 Å². The molecule has 4 nitrogen and oxygen atoms in total. The Kier molecular flexibility index (Phi) is 6.25. The second-order valence-electron chi connectivity index (χ2n) is 5.38. The molecule has 0 aromatic heterocycles. The number of hydrogen-bond acceptors (Lipinski definition) is 3. The molecule has 1 aromatic rings. The number of carbonyl (C=O) groups excluding carboxylic acids is 1. The first-order valence-corrected chi connectivity index (χ1v) is 7.88. The molecular formula is C17H24N2O2. The Bertz CT molecular complexity index is 480. The second-order valence-corrected chi connectivity index (χ2v) is 5.38. The number of rotatable bonds is 8. The van der Waals surface area contributed by atoms with Crippen molar-refractivity contribution in [2.24, 2.45) is 5.10 Å². The number of amides is 1. The molecule has 1 aromatic carbocycles. The van der Waals surface area contributed by atoms with Gasteiger partial charge in [-0.05, 0) is 36.2 Å². The summed E-state index contributed by atoms with van der Waals surface area (Å²) in [7, 11) is 0. The highest BCUT2D eigenvalue weighted by Crippen LogP contribution is 2.16. The maximum Gasteiger partial charge on any atom is 0.240 e. The summed E-state index contributed by atoms with van der Waals surface area (Å²) in [6, 6.07) is 7.95. The number of carbonyl (C=O) groups is 1. The van der Waals surface area contributed by atoms with Gasteiger partial charge in [-0.1, -0.05) is 32.6 Å². The highest BCUT2D eigenvalue weighted by molar-refractivity contribution is 6.04. The summed E-state index contributed by atoms with van der Waals surface area (Å²) in [4.78, 5) is 11.1. The lowest BCUT2D eigenvalue weighted by atomic mass is 10.0. The van der Waals surface area contributed by atoms with E-state index < -0.39 is 0 Å². The number of nitrogens with one attached hydrogen (secondary N) is 1. The van der Waals surface area contributed by atoms with Gasteiger partial charge < -0.3 is 4.74 Å². The Morgan fingerprint density at radius 1 is 1.10 bits per heavy atom. The van der Waals surface area contributed by atoms with Gasteiger partial charge in [-0.25, -0.2) is 5.43 Å². The fourth-order valence-electron chi connectivity index (χ4n) is 2.32. The maximum absolute atomic E-state index is 11.1. The molecule has 1 aliphatic heterocycles. The van der Waals surface area contributed by atoms with Gasteiger partial charge in [0, 0.05) is 12.8 Å². The summed E-state index contributed by atoms with van der Waals surface area (Å²) in [5, 5.41) is 4.09. The number of unbranched alkanes of at least 4 members (excludes halogenated alkanes) is 4. The summed E-state index contributed by atoms with van der Waals surface area (Å²) in [5.74, 6) is 0.886. The summed E-state index contributed by atoms with van der Waals surface area (Å²) in [6.45, 7) is 3.00. The molecule has 0 spiro atoms. The molecule has 2 rings (SSSR count). The van der Waals surface area contributed by atoms with Gasteiger partial charge in [0.25, 0.3) is 0 Å². The molecule has 0 saturated carbocycles. The van der Waals surface area contributed by atoms with Crippen LogP contribution in [0, 0.1) is 0 Å². The molecule has 0 aliphatic carbocycles. The molecule has 1 amide bonds. The largest absolute Gasteiger partial charge is 0.494 e. The summed E-state index contributed by atoms with van der Waals surface area (Å²) in [6.07, 6.45) is 7.44. The zero-order chi connectivity index (χ0) is 14.9. The zero-order valence-corrected chi connectivity index (χ0v) is 12.7. The van der Waals surface area contributed by atoms with Gasteiger partial charge in [0.15, 0.2) is 0 Å². The molecule has 1 N–H and O–H groups in total. The minimum absolute atomic E-state index is 0.0122. The van der Waals surface area contributed by atoms with Crippen molar-refractivity contribution in [2.45, 2.75) is 51.9 Å². The number of hydrogen-bond donors (Lipinski definition) is 1. The number of nitrogens with zero attached hydrogens (tertiary/aromatic N) is 1. The van der Waals surface area contributed by atoms with Crippen LogP contribution in [0.3, 0.4) is 0 Å². The van der Waals surface area contributed by atoms with Crippen molar-refractivity contribution in [2.75, 3.05) is 6.61 Å². The van der Waals surface area contributed by atoms with E-state index in [1.165, 1.54) is 25.7 Å². The van der Waals surface area contributed by atoms with Gasteiger partial charge in [0.05, 0.1) is 12.3 Å². The van der Waals surface area contributed by atoms with Crippen LogP contribution in [0.25, 0.3) is 0 Å². The summed E-state index contributed by atoms with van der Waals surface area (Å²) < 4.78 is 5.74. The van der Waals surface area contributed by atoms with E-state index in [0.29, 0.717) is 12.8 Å². The third kappa shape index (κ3) is 5.21. The van der Waals surface area contributed by atoms with Crippen molar-refractivity contribution in [3.63, 3.8) is 0 Å². The molecule has 4 heteroatoms. The van der Waals surface area contributed by atoms with Gasteiger partial charge in [-0.3, -0.25) is 4.79 Å². The highest BCUT2D eigenvalue weighted by atomic mass is 16.5. The molecule has 114 valence electrons. The predicted octanol–water partition coefficient (Wildman–Crippen LogP) is 3.65. The van der Waals surface area contributed by atoms with E-state index in [2.05, 4.69) is 17.5 Å². The number of hydrazone groups is 1. The molecule has 1 aliphatic rings. The molecule has 21 heavy (non-hydrogen) atoms. The standard InChI is InChI=1S/C17H24N2O2/c1-2-3-4-5-6-13-21-15-9-7-14(8-10-15)16-11-12-17(20)19-18-16/h7-10H,2-6,11-13H2,1H3,(H,19,20). The average molecular weight is 288 g/mol. The summed E-state index contributed by atoms with van der Waals surface area (Å²) in [5.41, 5.74) is 4.50. The van der Waals surface area contributed by atoms with Crippen molar-refractivity contribution >= 4 is 11.6 Å². The predicted molar refractivity (Wildman–Crippen MR) is 84.6 cm³/mol. The van der Waals surface area contributed by atoms with Gasteiger partial charge in [0.2, 0.25) is 5.91 Å². The van der Waals surface area contributed by atoms with Crippen LogP contribution in [0.4, 0.5) is 0 Å². The van der Waals surface area contributed by atoms with Crippen LogP contribution in [-0.2, 0) is 4.79 Å². The van der Waals surface area contributed by atoms with Crippen molar-refractivity contribution in [3.05, 3.63) is 29.8 Å². The molecule has 0 bridgehead atoms. The molecule has 0 fully saturated rings. The zero-order valence-electron chi connectivity index (χ0n) is 12.7. The topological polar surface area (TPSA) is 50.7 Å². The van der Waals surface area contributed by atoms with E-state index in [1.807, 2.05) is 24.3 Å². The molecule has 0 atom stereocenters. The molecule has 0 unspecified atom stereocenters. The van der Waals surface area contributed by atoms with Crippen LogP contribution in [0.2, 0.25) is 0 Å². The smallest absolute Gasteiger partial charge is 0.240 e. The Morgan fingerprint density at radius 3 is 2.52 bits per heavy atom. The number of ether oxygens (including phenoxy) is 1. The lowest BCUT2D eigenvalue weighted by molar-refractivity contribution is -0.121. The minimum Gasteiger partial charge on any atom is -0.494 e. The summed E-state index contributed by atoms with van der Waals surface area (Å²) >= 11 is 0. The lowest BCUT2D eigenvalue weighted by Crippen LogP contribution is -2.25. The Hall–Kier alpha value is -1.84. The maximum atomic E-state index is 11.1. The van der Waals surface area contributed by atoms with Gasteiger partial charge in [-0.15, -0.1) is 0 Å². The third-order valence-corrected chi connectivity index (χ3v) is 3.61. The van der Waals surface area contributed by atoms with E-state index >= 15 is 0 Å². The van der Waals surface area contributed by atoms with E-state index in [-0.39, 0.29) is 5.91 Å². The Morgan fingerprint density at radius 2 is 1.86 bits per heavy atom. The van der Waals surface area contributed by atoms with Gasteiger partial charge >= 0.3 is 0 Å². The van der Waals surface area contributed by atoms with Crippen LogP contribution >= 0.6 is 0 Å². The Labute approximate surface area is 126 Å². The first-order valence-electron chi connectivity index (χ1n) is 7.88. The van der Waals surface area contributed by atoms with Gasteiger partial charge in [0.1, 0.15) is 5.75 Å². The van der Waals surface area contributed by atoms with Crippen LogP contribution < -0.4 is 10.2 Å². The normalized spacial score (nSPS) is 14.5. The van der Waals surface area contributed by atoms with Crippen LogP contribution in [0.15, 0.2) is 29.4 Å². The quantitative estimate of drug-likeness (QED) is 0.742. The second kappa shape index (κ2) is 8.45. The first-order chi connectivity index (χ1) is 10.3. The monoisotopic (exact) mass is 288 g/mol. The molecule has 0 radical (unpaired) electrons. The van der Waals surface area contributed by atoms with E-state index in [1.54, 1.807) is 0 Å². The van der Waals surface area contributed by atoms with Crippen molar-refractivity contribution < 1.29 is 9.53 Å². The third-order valence-electron chi connectivity index (χ3n) is 3.61. The van der Waals surface area contributed by atoms with Crippen molar-refractivity contribution in [3.8, 4) is 5.75 Å². The molecule has 1 heterocycles. The van der Waals surface area contributed by atoms with E-state index in [0.717, 1.165) is 30.1 Å². The van der Waals surface area contributed by atoms with Crippen LogP contribution in [0.5, 0.6) is 5.75 Å². The van der Waals surface area contributed by atoms with Crippen molar-refractivity contribution in [1.82, 2.24) is 5.43 Å². The fourth-order valence-corrected chi connectivity index (χ4v) is 2.32. The Balaban J connectivity index is 1.75. The average Bonchev–Trinajstić information content (AvgIpc) is 2.52. The first kappa shape index (κ1) is 15.5. The molecular weight excluding hydrogens is 264 g/mol. The van der Waals surface area contributed by atoms with Crippen LogP contribution in [0.1, 0.15) is 57.4 Å². The van der Waals surface area contributed by atoms with Gasteiger partial charge in [-0.2, -0.15) is 5.10 Å².